The summed E-state index contributed by atoms with van der Waals surface area (Å²) in [6, 6.07) is 0.874. The van der Waals surface area contributed by atoms with E-state index in [1.165, 1.54) is 45.6 Å². The summed E-state index contributed by atoms with van der Waals surface area (Å²) in [4.78, 5) is 5.32. The largest absolute Gasteiger partial charge is 0.315 e. The number of fused-ring (bicyclic) bond motifs is 1. The van der Waals surface area contributed by atoms with E-state index < -0.39 is 0 Å². The summed E-state index contributed by atoms with van der Waals surface area (Å²) < 4.78 is 0. The SMILES string of the molecule is CC(C)CNCCN1CCN2CCCC2C1. The van der Waals surface area contributed by atoms with Gasteiger partial charge in [-0.15, -0.1) is 0 Å². The van der Waals surface area contributed by atoms with Crippen molar-refractivity contribution in [3.8, 4) is 0 Å². The molecule has 2 rings (SSSR count). The molecule has 16 heavy (non-hydrogen) atoms. The molecule has 0 aromatic carbocycles. The van der Waals surface area contributed by atoms with Gasteiger partial charge in [0.15, 0.2) is 0 Å². The number of piperazine rings is 1. The second-order valence-electron chi connectivity index (χ2n) is 5.73. The Morgan fingerprint density at radius 3 is 2.94 bits per heavy atom. The van der Waals surface area contributed by atoms with Crippen LogP contribution in [0.25, 0.3) is 0 Å². The van der Waals surface area contributed by atoms with Crippen molar-refractivity contribution in [2.75, 3.05) is 45.8 Å². The smallest absolute Gasteiger partial charge is 0.0224 e. The van der Waals surface area contributed by atoms with E-state index >= 15 is 0 Å². The van der Waals surface area contributed by atoms with E-state index in [9.17, 15) is 0 Å². The molecule has 1 atom stereocenters. The molecule has 94 valence electrons. The van der Waals surface area contributed by atoms with Gasteiger partial charge < -0.3 is 5.32 Å². The van der Waals surface area contributed by atoms with Crippen molar-refractivity contribution in [3.63, 3.8) is 0 Å². The number of nitrogens with one attached hydrogen (secondary N) is 1. The predicted octanol–water partition coefficient (Wildman–Crippen LogP) is 1.01. The topological polar surface area (TPSA) is 18.5 Å². The Labute approximate surface area is 100 Å². The number of hydrogen-bond acceptors (Lipinski definition) is 3. The highest BCUT2D eigenvalue weighted by Gasteiger charge is 2.29. The van der Waals surface area contributed by atoms with Gasteiger partial charge in [-0.1, -0.05) is 13.8 Å². The van der Waals surface area contributed by atoms with Crippen LogP contribution in [0.15, 0.2) is 0 Å². The molecule has 2 fully saturated rings. The summed E-state index contributed by atoms with van der Waals surface area (Å²) in [6.07, 6.45) is 2.85. The average Bonchev–Trinajstić information content (AvgIpc) is 2.71. The Morgan fingerprint density at radius 1 is 1.25 bits per heavy atom. The standard InChI is InChI=1S/C13H27N3/c1-12(2)10-14-5-7-15-8-9-16-6-3-4-13(16)11-15/h12-14H,3-11H2,1-2H3. The van der Waals surface area contributed by atoms with Crippen molar-refractivity contribution < 1.29 is 0 Å². The predicted molar refractivity (Wildman–Crippen MR) is 68.7 cm³/mol. The van der Waals surface area contributed by atoms with Crippen LogP contribution < -0.4 is 5.32 Å². The summed E-state index contributed by atoms with van der Waals surface area (Å²) >= 11 is 0. The fraction of sp³-hybridized carbons (Fsp3) is 1.00. The summed E-state index contributed by atoms with van der Waals surface area (Å²) in [6.45, 7) is 13.3. The van der Waals surface area contributed by atoms with E-state index in [4.69, 9.17) is 0 Å². The van der Waals surface area contributed by atoms with Gasteiger partial charge in [-0.3, -0.25) is 9.80 Å². The molecule has 3 nitrogen and oxygen atoms in total. The first-order valence-corrected chi connectivity index (χ1v) is 6.93. The maximum absolute atomic E-state index is 3.54. The summed E-state index contributed by atoms with van der Waals surface area (Å²) in [5, 5.41) is 3.54. The van der Waals surface area contributed by atoms with Crippen molar-refractivity contribution in [2.24, 2.45) is 5.92 Å². The van der Waals surface area contributed by atoms with Crippen molar-refractivity contribution in [1.82, 2.24) is 15.1 Å². The van der Waals surface area contributed by atoms with Crippen LogP contribution in [0.1, 0.15) is 26.7 Å². The van der Waals surface area contributed by atoms with Gasteiger partial charge in [-0.2, -0.15) is 0 Å². The van der Waals surface area contributed by atoms with Gasteiger partial charge in [0.25, 0.3) is 0 Å². The summed E-state index contributed by atoms with van der Waals surface area (Å²) in [5.41, 5.74) is 0. The zero-order chi connectivity index (χ0) is 11.4. The lowest BCUT2D eigenvalue weighted by Gasteiger charge is -2.37. The Kier molecular flexibility index (Phi) is 4.62. The average molecular weight is 225 g/mol. The minimum Gasteiger partial charge on any atom is -0.315 e. The van der Waals surface area contributed by atoms with Crippen LogP contribution in [0.4, 0.5) is 0 Å². The fourth-order valence-corrected chi connectivity index (χ4v) is 2.89. The molecule has 2 aliphatic rings. The number of rotatable bonds is 5. The van der Waals surface area contributed by atoms with Gasteiger partial charge in [-0.05, 0) is 31.8 Å². The van der Waals surface area contributed by atoms with Crippen molar-refractivity contribution in [3.05, 3.63) is 0 Å². The van der Waals surface area contributed by atoms with Crippen LogP contribution >= 0.6 is 0 Å². The van der Waals surface area contributed by atoms with Crippen LogP contribution in [-0.4, -0.2) is 61.7 Å². The lowest BCUT2D eigenvalue weighted by atomic mass is 10.1. The minimum atomic E-state index is 0.770. The maximum atomic E-state index is 3.54. The molecule has 0 saturated carbocycles. The first-order valence-electron chi connectivity index (χ1n) is 6.93. The molecular weight excluding hydrogens is 198 g/mol. The molecule has 0 aliphatic carbocycles. The number of hydrogen-bond donors (Lipinski definition) is 1. The molecule has 0 aromatic rings. The Hall–Kier alpha value is -0.120. The quantitative estimate of drug-likeness (QED) is 0.705. The van der Waals surface area contributed by atoms with E-state index in [2.05, 4.69) is 29.0 Å². The molecule has 0 bridgehead atoms. The zero-order valence-corrected chi connectivity index (χ0v) is 10.9. The third kappa shape index (κ3) is 3.44. The molecular formula is C13H27N3. The van der Waals surface area contributed by atoms with Gasteiger partial charge >= 0.3 is 0 Å². The van der Waals surface area contributed by atoms with Crippen molar-refractivity contribution in [1.29, 1.82) is 0 Å². The monoisotopic (exact) mass is 225 g/mol. The second kappa shape index (κ2) is 5.99. The molecule has 2 saturated heterocycles. The van der Waals surface area contributed by atoms with Crippen LogP contribution in [0.5, 0.6) is 0 Å². The van der Waals surface area contributed by atoms with E-state index in [1.54, 1.807) is 0 Å². The second-order valence-corrected chi connectivity index (χ2v) is 5.73. The fourth-order valence-electron chi connectivity index (χ4n) is 2.89. The first kappa shape index (κ1) is 12.3. The van der Waals surface area contributed by atoms with E-state index in [-0.39, 0.29) is 0 Å². The van der Waals surface area contributed by atoms with Crippen LogP contribution in [0.3, 0.4) is 0 Å². The lowest BCUT2D eigenvalue weighted by Crippen LogP contribution is -2.51. The van der Waals surface area contributed by atoms with Crippen LogP contribution in [0, 0.1) is 5.92 Å². The van der Waals surface area contributed by atoms with Crippen molar-refractivity contribution >= 4 is 0 Å². The molecule has 0 spiro atoms. The molecule has 0 aromatic heterocycles. The molecule has 0 amide bonds. The van der Waals surface area contributed by atoms with Gasteiger partial charge in [0, 0.05) is 38.8 Å². The third-order valence-corrected chi connectivity index (χ3v) is 3.83. The Balaban J connectivity index is 1.60. The lowest BCUT2D eigenvalue weighted by molar-refractivity contribution is 0.105. The molecule has 1 N–H and O–H groups in total. The summed E-state index contributed by atoms with van der Waals surface area (Å²) in [7, 11) is 0. The highest BCUT2D eigenvalue weighted by atomic mass is 15.3. The van der Waals surface area contributed by atoms with E-state index in [0.29, 0.717) is 0 Å². The first-order chi connectivity index (χ1) is 7.75. The highest BCUT2D eigenvalue weighted by molar-refractivity contribution is 4.86. The highest BCUT2D eigenvalue weighted by Crippen LogP contribution is 2.20. The normalized spacial score (nSPS) is 27.6. The van der Waals surface area contributed by atoms with E-state index in [0.717, 1.165) is 25.0 Å². The molecule has 2 aliphatic heterocycles. The number of nitrogens with zero attached hydrogens (tertiary/aromatic N) is 2. The molecule has 0 radical (unpaired) electrons. The Bertz CT molecular complexity index is 205. The van der Waals surface area contributed by atoms with Crippen LogP contribution in [0.2, 0.25) is 0 Å². The maximum Gasteiger partial charge on any atom is 0.0224 e. The van der Waals surface area contributed by atoms with Gasteiger partial charge in [0.05, 0.1) is 0 Å². The molecule has 1 unspecified atom stereocenters. The molecule has 2 heterocycles. The van der Waals surface area contributed by atoms with Gasteiger partial charge in [0.2, 0.25) is 0 Å². The minimum absolute atomic E-state index is 0.770. The summed E-state index contributed by atoms with van der Waals surface area (Å²) in [5.74, 6) is 0.770. The Morgan fingerprint density at radius 2 is 2.12 bits per heavy atom. The van der Waals surface area contributed by atoms with Crippen LogP contribution in [-0.2, 0) is 0 Å². The van der Waals surface area contributed by atoms with Gasteiger partial charge in [0.1, 0.15) is 0 Å². The zero-order valence-electron chi connectivity index (χ0n) is 10.9. The van der Waals surface area contributed by atoms with E-state index in [1.807, 2.05) is 0 Å². The molecule has 3 heteroatoms. The van der Waals surface area contributed by atoms with Gasteiger partial charge in [-0.25, -0.2) is 0 Å². The third-order valence-electron chi connectivity index (χ3n) is 3.83. The van der Waals surface area contributed by atoms with Crippen molar-refractivity contribution in [2.45, 2.75) is 32.7 Å².